The molecule has 0 aromatic heterocycles. The molecule has 2 fully saturated rings. The molecule has 0 aliphatic carbocycles. The number of rotatable bonds is 2. The van der Waals surface area contributed by atoms with Crippen molar-refractivity contribution in [2.75, 3.05) is 19.6 Å². The Morgan fingerprint density at radius 3 is 2.86 bits per heavy atom. The first kappa shape index (κ1) is 19.7. The second-order valence-corrected chi connectivity index (χ2v) is 8.55. The van der Waals surface area contributed by atoms with Crippen LogP contribution in [0.1, 0.15) is 61.4 Å². The summed E-state index contributed by atoms with van der Waals surface area (Å²) in [5.74, 6) is 0.330. The number of carbonyl (C=O) groups excluding carboxylic acids is 3. The van der Waals surface area contributed by atoms with E-state index in [0.29, 0.717) is 30.7 Å². The summed E-state index contributed by atoms with van der Waals surface area (Å²) in [6, 6.07) is 5.77. The van der Waals surface area contributed by atoms with E-state index >= 15 is 0 Å². The number of hydrogen-bond donors (Lipinski definition) is 1. The van der Waals surface area contributed by atoms with Crippen LogP contribution >= 0.6 is 0 Å². The number of nitrogens with zero attached hydrogens (tertiary/aromatic N) is 2. The number of ether oxygens (including phenoxy) is 1. The van der Waals surface area contributed by atoms with Crippen LogP contribution in [0, 0.1) is 6.92 Å². The van der Waals surface area contributed by atoms with Crippen LogP contribution in [-0.4, -0.2) is 58.9 Å². The predicted molar refractivity (Wildman–Crippen MR) is 107 cm³/mol. The first-order valence-electron chi connectivity index (χ1n) is 10.6. The van der Waals surface area contributed by atoms with E-state index in [2.05, 4.69) is 12.2 Å². The average Bonchev–Trinajstić information content (AvgIpc) is 2.83. The molecule has 1 aromatic rings. The smallest absolute Gasteiger partial charge is 0.258 e. The molecule has 1 aromatic carbocycles. The summed E-state index contributed by atoms with van der Waals surface area (Å²) < 4.78 is 6.19. The molecular formula is C22H29N3O4. The quantitative estimate of drug-likeness (QED) is 0.827. The second kappa shape index (κ2) is 7.69. The maximum Gasteiger partial charge on any atom is 0.258 e. The summed E-state index contributed by atoms with van der Waals surface area (Å²) in [5.41, 5.74) is 0.619. The van der Waals surface area contributed by atoms with E-state index in [0.717, 1.165) is 31.4 Å². The van der Waals surface area contributed by atoms with Crippen LogP contribution in [0.3, 0.4) is 0 Å². The lowest BCUT2D eigenvalue weighted by Crippen LogP contribution is -2.56. The van der Waals surface area contributed by atoms with Gasteiger partial charge in [-0.15, -0.1) is 0 Å². The highest BCUT2D eigenvalue weighted by atomic mass is 16.5. The molecule has 29 heavy (non-hydrogen) atoms. The van der Waals surface area contributed by atoms with Crippen molar-refractivity contribution in [3.05, 3.63) is 29.3 Å². The number of carbonyl (C=O) groups is 3. The topological polar surface area (TPSA) is 79.0 Å². The SMILES string of the molecule is Cc1ccc2c(c1)C(=O)N[C@]1(CCC(=O)N(CC(=O)N3CCCC[C@@H]3C)CC1)O2. The molecule has 4 rings (SSSR count). The van der Waals surface area contributed by atoms with Crippen molar-refractivity contribution in [3.8, 4) is 5.75 Å². The third-order valence-corrected chi connectivity index (χ3v) is 6.36. The van der Waals surface area contributed by atoms with Crippen LogP contribution in [0.2, 0.25) is 0 Å². The number of likely N-dealkylation sites (tertiary alicyclic amines) is 2. The summed E-state index contributed by atoms with van der Waals surface area (Å²) in [7, 11) is 0. The van der Waals surface area contributed by atoms with Gasteiger partial charge >= 0.3 is 0 Å². The van der Waals surface area contributed by atoms with Gasteiger partial charge in [0.05, 0.1) is 12.1 Å². The zero-order valence-corrected chi connectivity index (χ0v) is 17.2. The number of benzene rings is 1. The van der Waals surface area contributed by atoms with Crippen molar-refractivity contribution >= 4 is 17.7 Å². The molecule has 3 heterocycles. The van der Waals surface area contributed by atoms with E-state index in [1.54, 1.807) is 4.90 Å². The monoisotopic (exact) mass is 399 g/mol. The van der Waals surface area contributed by atoms with E-state index in [4.69, 9.17) is 4.74 Å². The molecule has 0 radical (unpaired) electrons. The van der Waals surface area contributed by atoms with E-state index in [1.165, 1.54) is 0 Å². The van der Waals surface area contributed by atoms with E-state index < -0.39 is 5.72 Å². The summed E-state index contributed by atoms with van der Waals surface area (Å²) >= 11 is 0. The standard InChI is InChI=1S/C22H29N3O4/c1-15-6-7-18-17(13-15)21(28)23-22(29-18)9-8-19(26)24(12-10-22)14-20(27)25-11-4-3-5-16(25)2/h6-7,13,16H,3-5,8-12,14H2,1-2H3,(H,23,28)/t16-,22+/m0/s1. The Morgan fingerprint density at radius 2 is 2.07 bits per heavy atom. The molecule has 0 saturated carbocycles. The van der Waals surface area contributed by atoms with Gasteiger partial charge in [-0.2, -0.15) is 0 Å². The zero-order chi connectivity index (χ0) is 20.6. The summed E-state index contributed by atoms with van der Waals surface area (Å²) in [4.78, 5) is 41.7. The summed E-state index contributed by atoms with van der Waals surface area (Å²) in [6.07, 6.45) is 4.28. The number of amides is 3. The third-order valence-electron chi connectivity index (χ3n) is 6.36. The van der Waals surface area contributed by atoms with Crippen molar-refractivity contribution in [1.29, 1.82) is 0 Å². The second-order valence-electron chi connectivity index (χ2n) is 8.55. The highest BCUT2D eigenvalue weighted by molar-refractivity contribution is 5.98. The van der Waals surface area contributed by atoms with Crippen LogP contribution in [0.25, 0.3) is 0 Å². The minimum atomic E-state index is -0.898. The molecule has 3 amide bonds. The van der Waals surface area contributed by atoms with Crippen LogP contribution in [0.5, 0.6) is 5.75 Å². The van der Waals surface area contributed by atoms with Crippen LogP contribution in [-0.2, 0) is 9.59 Å². The Morgan fingerprint density at radius 1 is 1.24 bits per heavy atom. The molecule has 2 atom stereocenters. The lowest BCUT2D eigenvalue weighted by Gasteiger charge is -2.38. The van der Waals surface area contributed by atoms with Gasteiger partial charge in [-0.05, 0) is 45.2 Å². The Hall–Kier alpha value is -2.57. The number of hydrogen-bond acceptors (Lipinski definition) is 4. The number of piperidine rings is 1. The third kappa shape index (κ3) is 3.95. The van der Waals surface area contributed by atoms with Crippen molar-refractivity contribution in [2.24, 2.45) is 0 Å². The highest BCUT2D eigenvalue weighted by Gasteiger charge is 2.43. The molecule has 3 aliphatic rings. The Bertz CT molecular complexity index is 839. The van der Waals surface area contributed by atoms with Gasteiger partial charge in [-0.3, -0.25) is 14.4 Å². The maximum absolute atomic E-state index is 12.8. The van der Waals surface area contributed by atoms with E-state index in [-0.39, 0.29) is 36.7 Å². The first-order valence-corrected chi connectivity index (χ1v) is 10.6. The zero-order valence-electron chi connectivity index (χ0n) is 17.2. The number of aryl methyl sites for hydroxylation is 1. The van der Waals surface area contributed by atoms with Crippen LogP contribution in [0.4, 0.5) is 0 Å². The minimum absolute atomic E-state index is 0.0101. The van der Waals surface area contributed by atoms with Gasteiger partial charge < -0.3 is 19.9 Å². The average molecular weight is 399 g/mol. The molecule has 7 heteroatoms. The molecule has 7 nitrogen and oxygen atoms in total. The van der Waals surface area contributed by atoms with Crippen molar-refractivity contribution in [2.45, 2.75) is 64.1 Å². The molecule has 2 saturated heterocycles. The minimum Gasteiger partial charge on any atom is -0.467 e. The molecule has 156 valence electrons. The van der Waals surface area contributed by atoms with Crippen LogP contribution < -0.4 is 10.1 Å². The Kier molecular flexibility index (Phi) is 5.23. The van der Waals surface area contributed by atoms with E-state index in [9.17, 15) is 14.4 Å². The largest absolute Gasteiger partial charge is 0.467 e. The molecule has 0 bridgehead atoms. The highest BCUT2D eigenvalue weighted by Crippen LogP contribution is 2.34. The molecule has 0 unspecified atom stereocenters. The fourth-order valence-electron chi connectivity index (χ4n) is 4.57. The number of nitrogens with one attached hydrogen (secondary N) is 1. The van der Waals surface area contributed by atoms with Crippen molar-refractivity contribution in [3.63, 3.8) is 0 Å². The van der Waals surface area contributed by atoms with E-state index in [1.807, 2.05) is 30.0 Å². The fourth-order valence-corrected chi connectivity index (χ4v) is 4.57. The van der Waals surface area contributed by atoms with Gasteiger partial charge in [0.2, 0.25) is 11.8 Å². The lowest BCUT2D eigenvalue weighted by molar-refractivity contribution is -0.142. The van der Waals surface area contributed by atoms with Crippen molar-refractivity contribution in [1.82, 2.24) is 15.1 Å². The van der Waals surface area contributed by atoms with Gasteiger partial charge in [-0.1, -0.05) is 11.6 Å². The normalized spacial score (nSPS) is 27.2. The first-order chi connectivity index (χ1) is 13.9. The molecular weight excluding hydrogens is 370 g/mol. The Balaban J connectivity index is 1.45. The van der Waals surface area contributed by atoms with Gasteiger partial charge in [0.1, 0.15) is 5.75 Å². The Labute approximate surface area is 171 Å². The predicted octanol–water partition coefficient (Wildman–Crippen LogP) is 2.23. The molecule has 1 spiro atoms. The molecule has 3 aliphatic heterocycles. The molecule has 1 N–H and O–H groups in total. The summed E-state index contributed by atoms with van der Waals surface area (Å²) in [5, 5.41) is 2.98. The number of fused-ring (bicyclic) bond motifs is 1. The van der Waals surface area contributed by atoms with Gasteiger partial charge in [0, 0.05) is 38.4 Å². The van der Waals surface area contributed by atoms with Gasteiger partial charge in [0.25, 0.3) is 5.91 Å². The lowest BCUT2D eigenvalue weighted by atomic mass is 9.99. The fraction of sp³-hybridized carbons (Fsp3) is 0.591. The summed E-state index contributed by atoms with van der Waals surface area (Å²) in [6.45, 7) is 5.25. The van der Waals surface area contributed by atoms with Crippen molar-refractivity contribution < 1.29 is 19.1 Å². The van der Waals surface area contributed by atoms with Gasteiger partial charge in [0.15, 0.2) is 5.72 Å². The van der Waals surface area contributed by atoms with Crippen LogP contribution in [0.15, 0.2) is 18.2 Å². The van der Waals surface area contributed by atoms with Gasteiger partial charge in [-0.25, -0.2) is 0 Å². The maximum atomic E-state index is 12.8.